The number of ether oxygens (including phenoxy) is 1. The summed E-state index contributed by atoms with van der Waals surface area (Å²) in [6.45, 7) is 4.91. The first-order valence-electron chi connectivity index (χ1n) is 10.1. The molecule has 0 aliphatic carbocycles. The van der Waals surface area contributed by atoms with Crippen molar-refractivity contribution in [3.05, 3.63) is 71.5 Å². The van der Waals surface area contributed by atoms with Crippen molar-refractivity contribution in [3.63, 3.8) is 0 Å². The number of benzene rings is 2. The molecule has 0 fully saturated rings. The highest BCUT2D eigenvalue weighted by atomic mass is 32.1. The van der Waals surface area contributed by atoms with Crippen molar-refractivity contribution in [2.24, 2.45) is 0 Å². The van der Waals surface area contributed by atoms with E-state index in [9.17, 15) is 4.79 Å². The van der Waals surface area contributed by atoms with Gasteiger partial charge >= 0.3 is 0 Å². The van der Waals surface area contributed by atoms with Crippen molar-refractivity contribution in [1.29, 1.82) is 0 Å². The van der Waals surface area contributed by atoms with Crippen molar-refractivity contribution in [3.8, 4) is 5.75 Å². The number of nitrogens with zero attached hydrogens (tertiary/aromatic N) is 3. The van der Waals surface area contributed by atoms with Gasteiger partial charge in [0.15, 0.2) is 0 Å². The number of nitrogens with one attached hydrogen (secondary N) is 1. The van der Waals surface area contributed by atoms with Gasteiger partial charge < -0.3 is 15.0 Å². The van der Waals surface area contributed by atoms with Crippen LogP contribution in [-0.4, -0.2) is 35.0 Å². The number of anilines is 1. The monoisotopic (exact) mass is 424 g/mol. The topological polar surface area (TPSA) is 67.4 Å². The summed E-state index contributed by atoms with van der Waals surface area (Å²) in [6, 6.07) is 18.1. The lowest BCUT2D eigenvalue weighted by Gasteiger charge is -2.22. The van der Waals surface area contributed by atoms with E-state index in [1.54, 1.807) is 7.11 Å². The number of rotatable bonds is 10. The number of aromatic nitrogens is 2. The molecule has 0 bridgehead atoms. The average molecular weight is 425 g/mol. The molecule has 1 N–H and O–H groups in total. The minimum atomic E-state index is -0.00942. The summed E-state index contributed by atoms with van der Waals surface area (Å²) in [5.41, 5.74) is 2.21. The molecule has 3 rings (SSSR count). The third kappa shape index (κ3) is 6.29. The molecule has 1 aromatic heterocycles. The molecule has 3 aromatic rings. The minimum Gasteiger partial charge on any atom is -0.497 e. The van der Waals surface area contributed by atoms with Crippen LogP contribution in [0.3, 0.4) is 0 Å². The van der Waals surface area contributed by atoms with Gasteiger partial charge in [-0.1, -0.05) is 49.4 Å². The van der Waals surface area contributed by atoms with E-state index in [1.807, 2.05) is 54.3 Å². The molecule has 1 heterocycles. The Morgan fingerprint density at radius 2 is 1.93 bits per heavy atom. The summed E-state index contributed by atoms with van der Waals surface area (Å²) in [5, 5.41) is 3.78. The van der Waals surface area contributed by atoms with Gasteiger partial charge in [0.05, 0.1) is 13.7 Å². The molecule has 0 aliphatic heterocycles. The Morgan fingerprint density at radius 3 is 2.67 bits per heavy atom. The van der Waals surface area contributed by atoms with E-state index >= 15 is 0 Å². The van der Waals surface area contributed by atoms with Gasteiger partial charge in [-0.05, 0) is 36.6 Å². The molecule has 0 saturated carbocycles. The van der Waals surface area contributed by atoms with Gasteiger partial charge in [0.2, 0.25) is 11.0 Å². The highest BCUT2D eigenvalue weighted by molar-refractivity contribution is 7.09. The van der Waals surface area contributed by atoms with Gasteiger partial charge in [-0.2, -0.15) is 4.37 Å². The summed E-state index contributed by atoms with van der Waals surface area (Å²) in [5.74, 6) is 1.55. The van der Waals surface area contributed by atoms with Crippen LogP contribution in [-0.2, 0) is 17.8 Å². The smallest absolute Gasteiger partial charge is 0.239 e. The van der Waals surface area contributed by atoms with Gasteiger partial charge in [-0.15, -0.1) is 0 Å². The standard InChI is InChI=1S/C23H28N4O2S/c1-4-17(2)24-22(28)16-27(15-18-9-6-5-7-10-18)23-25-21(26-30-23)14-19-11-8-12-20(13-19)29-3/h5-13,17H,4,14-16H2,1-3H3,(H,24,28)/t17-/m0/s1. The quantitative estimate of drug-likeness (QED) is 0.532. The number of carbonyl (C=O) groups is 1. The molecule has 6 nitrogen and oxygen atoms in total. The highest BCUT2D eigenvalue weighted by Gasteiger charge is 2.18. The summed E-state index contributed by atoms with van der Waals surface area (Å²) in [7, 11) is 1.66. The van der Waals surface area contributed by atoms with Gasteiger partial charge in [-0.25, -0.2) is 4.98 Å². The van der Waals surface area contributed by atoms with E-state index in [0.29, 0.717) is 13.0 Å². The van der Waals surface area contributed by atoms with E-state index in [2.05, 4.69) is 28.7 Å². The van der Waals surface area contributed by atoms with Crippen LogP contribution >= 0.6 is 11.5 Å². The second kappa shape index (κ2) is 10.7. The van der Waals surface area contributed by atoms with Crippen molar-refractivity contribution < 1.29 is 9.53 Å². The Hall–Kier alpha value is -2.93. The lowest BCUT2D eigenvalue weighted by Crippen LogP contribution is -2.40. The maximum absolute atomic E-state index is 12.5. The second-order valence-corrected chi connectivity index (χ2v) is 7.97. The van der Waals surface area contributed by atoms with Crippen molar-refractivity contribution in [1.82, 2.24) is 14.7 Å². The fourth-order valence-corrected chi connectivity index (χ4v) is 3.68. The van der Waals surface area contributed by atoms with E-state index in [0.717, 1.165) is 34.3 Å². The molecule has 1 amide bonds. The predicted molar refractivity (Wildman–Crippen MR) is 121 cm³/mol. The molecule has 30 heavy (non-hydrogen) atoms. The fourth-order valence-electron chi connectivity index (χ4n) is 3.00. The van der Waals surface area contributed by atoms with E-state index in [4.69, 9.17) is 9.72 Å². The van der Waals surface area contributed by atoms with Crippen LogP contribution in [0.2, 0.25) is 0 Å². The first-order chi connectivity index (χ1) is 14.6. The Morgan fingerprint density at radius 1 is 1.17 bits per heavy atom. The molecule has 7 heteroatoms. The largest absolute Gasteiger partial charge is 0.497 e. The van der Waals surface area contributed by atoms with Crippen LogP contribution in [0.1, 0.15) is 37.2 Å². The lowest BCUT2D eigenvalue weighted by molar-refractivity contribution is -0.120. The Bertz CT molecular complexity index is 945. The summed E-state index contributed by atoms with van der Waals surface area (Å²) in [6.07, 6.45) is 1.51. The zero-order valence-corrected chi connectivity index (χ0v) is 18.5. The predicted octanol–water partition coefficient (Wildman–Crippen LogP) is 4.06. The normalized spacial score (nSPS) is 11.7. The summed E-state index contributed by atoms with van der Waals surface area (Å²) < 4.78 is 9.83. The average Bonchev–Trinajstić information content (AvgIpc) is 3.22. The Labute approximate surface area is 182 Å². The number of hydrogen-bond acceptors (Lipinski definition) is 6. The Balaban J connectivity index is 1.76. The first-order valence-corrected chi connectivity index (χ1v) is 10.9. The van der Waals surface area contributed by atoms with Gasteiger partial charge in [-0.3, -0.25) is 4.79 Å². The summed E-state index contributed by atoms with van der Waals surface area (Å²) in [4.78, 5) is 19.3. The molecule has 1 atom stereocenters. The fraction of sp³-hybridized carbons (Fsp3) is 0.348. The number of methoxy groups -OCH3 is 1. The van der Waals surface area contributed by atoms with Crippen LogP contribution in [0.4, 0.5) is 5.13 Å². The summed E-state index contributed by atoms with van der Waals surface area (Å²) >= 11 is 1.33. The zero-order valence-electron chi connectivity index (χ0n) is 17.7. The van der Waals surface area contributed by atoms with E-state index < -0.39 is 0 Å². The van der Waals surface area contributed by atoms with Crippen LogP contribution < -0.4 is 15.0 Å². The number of carbonyl (C=O) groups excluding carboxylic acids is 1. The van der Waals surface area contributed by atoms with Gasteiger partial charge in [0, 0.05) is 30.5 Å². The van der Waals surface area contributed by atoms with Crippen LogP contribution in [0.15, 0.2) is 54.6 Å². The molecule has 0 radical (unpaired) electrons. The molecule has 0 unspecified atom stereocenters. The van der Waals surface area contributed by atoms with E-state index in [-0.39, 0.29) is 18.5 Å². The van der Waals surface area contributed by atoms with E-state index in [1.165, 1.54) is 11.5 Å². The number of amides is 1. The zero-order chi connectivity index (χ0) is 21.3. The van der Waals surface area contributed by atoms with Gasteiger partial charge in [0.25, 0.3) is 0 Å². The van der Waals surface area contributed by atoms with Crippen molar-refractivity contribution >= 4 is 22.6 Å². The third-order valence-corrected chi connectivity index (χ3v) is 5.61. The second-order valence-electron chi connectivity index (χ2n) is 7.24. The molecular formula is C23H28N4O2S. The first kappa shape index (κ1) is 21.8. The highest BCUT2D eigenvalue weighted by Crippen LogP contribution is 2.22. The SMILES string of the molecule is CC[C@H](C)NC(=O)CN(Cc1ccccc1)c1nc(Cc2cccc(OC)c2)ns1. The number of hydrogen-bond donors (Lipinski definition) is 1. The molecule has 0 spiro atoms. The third-order valence-electron chi connectivity index (χ3n) is 4.79. The molecule has 0 saturated heterocycles. The van der Waals surface area contributed by atoms with Crippen LogP contribution in [0.25, 0.3) is 0 Å². The van der Waals surface area contributed by atoms with Crippen LogP contribution in [0.5, 0.6) is 5.75 Å². The molecule has 158 valence electrons. The molecule has 2 aromatic carbocycles. The van der Waals surface area contributed by atoms with Crippen LogP contribution in [0, 0.1) is 0 Å². The lowest BCUT2D eigenvalue weighted by atomic mass is 10.1. The molecule has 0 aliphatic rings. The van der Waals surface area contributed by atoms with Crippen molar-refractivity contribution in [2.45, 2.75) is 39.3 Å². The van der Waals surface area contributed by atoms with Gasteiger partial charge in [0.1, 0.15) is 11.6 Å². The van der Waals surface area contributed by atoms with Crippen molar-refractivity contribution in [2.75, 3.05) is 18.6 Å². The maximum Gasteiger partial charge on any atom is 0.239 e. The Kier molecular flexibility index (Phi) is 7.79. The minimum absolute atomic E-state index is 0.00942. The molecular weight excluding hydrogens is 396 g/mol. The maximum atomic E-state index is 12.5.